The van der Waals surface area contributed by atoms with Crippen molar-refractivity contribution in [2.24, 2.45) is 0 Å². The van der Waals surface area contributed by atoms with E-state index in [0.29, 0.717) is 17.1 Å². The lowest BCUT2D eigenvalue weighted by molar-refractivity contribution is -0.116. The van der Waals surface area contributed by atoms with E-state index in [9.17, 15) is 9.59 Å². The van der Waals surface area contributed by atoms with Gasteiger partial charge in [-0.15, -0.1) is 12.4 Å². The maximum absolute atomic E-state index is 12.0. The van der Waals surface area contributed by atoms with Gasteiger partial charge < -0.3 is 15.8 Å². The maximum Gasteiger partial charge on any atom is 0.308 e. The van der Waals surface area contributed by atoms with E-state index in [0.717, 1.165) is 21.9 Å². The number of ether oxygens (including phenoxy) is 1. The van der Waals surface area contributed by atoms with Crippen LogP contribution in [-0.2, 0) is 11.3 Å². The van der Waals surface area contributed by atoms with Gasteiger partial charge in [-0.25, -0.2) is 0 Å². The highest BCUT2D eigenvalue weighted by molar-refractivity contribution is 7.09. The topological polar surface area (TPSA) is 86.3 Å². The van der Waals surface area contributed by atoms with Crippen molar-refractivity contribution in [2.75, 3.05) is 18.2 Å². The summed E-state index contributed by atoms with van der Waals surface area (Å²) in [5.74, 6) is 0.274. The number of carbonyl (C=O) groups is 1. The molecule has 0 aliphatic rings. The predicted octanol–water partition coefficient (Wildman–Crippen LogP) is 2.18. The SMILES string of the molecule is COc1ccc(NC(=O)Cn2c(C)c(C)sc2=O)cc1N.Cl. The molecule has 3 N–H and O–H groups in total. The van der Waals surface area contributed by atoms with Crippen molar-refractivity contribution in [1.29, 1.82) is 0 Å². The Balaban J connectivity index is 0.00000242. The van der Waals surface area contributed by atoms with Crippen LogP contribution in [0.3, 0.4) is 0 Å². The van der Waals surface area contributed by atoms with Gasteiger partial charge in [0.1, 0.15) is 12.3 Å². The molecule has 8 heteroatoms. The van der Waals surface area contributed by atoms with Crippen LogP contribution in [-0.4, -0.2) is 17.6 Å². The average Bonchev–Trinajstić information content (AvgIpc) is 2.65. The Hall–Kier alpha value is -1.99. The number of carbonyl (C=O) groups excluding carboxylic acids is 1. The fourth-order valence-corrected chi connectivity index (χ4v) is 2.76. The fraction of sp³-hybridized carbons (Fsp3) is 0.286. The second-order valence-electron chi connectivity index (χ2n) is 4.60. The number of aryl methyl sites for hydroxylation is 1. The number of nitrogens with zero attached hydrogens (tertiary/aromatic N) is 1. The summed E-state index contributed by atoms with van der Waals surface area (Å²) in [4.78, 5) is 24.6. The molecule has 0 spiro atoms. The van der Waals surface area contributed by atoms with Crippen LogP contribution >= 0.6 is 23.7 Å². The minimum atomic E-state index is -0.275. The summed E-state index contributed by atoms with van der Waals surface area (Å²) >= 11 is 1.14. The Morgan fingerprint density at radius 2 is 2.09 bits per heavy atom. The number of nitrogen functional groups attached to an aromatic ring is 1. The number of hydrogen-bond acceptors (Lipinski definition) is 5. The summed E-state index contributed by atoms with van der Waals surface area (Å²) in [6.45, 7) is 3.67. The van der Waals surface area contributed by atoms with E-state index >= 15 is 0 Å². The standard InChI is InChI=1S/C14H17N3O3S.ClH/c1-8-9(2)21-14(19)17(8)7-13(18)16-10-4-5-12(20-3)11(15)6-10;/h4-6H,7,15H2,1-3H3,(H,16,18);1H. The van der Waals surface area contributed by atoms with Crippen molar-refractivity contribution in [1.82, 2.24) is 4.57 Å². The Morgan fingerprint density at radius 3 is 2.59 bits per heavy atom. The van der Waals surface area contributed by atoms with E-state index in [1.807, 2.05) is 13.8 Å². The van der Waals surface area contributed by atoms with Gasteiger partial charge in [0.15, 0.2) is 0 Å². The quantitative estimate of drug-likeness (QED) is 0.833. The van der Waals surface area contributed by atoms with E-state index in [1.165, 1.54) is 11.7 Å². The molecular weight excluding hydrogens is 326 g/mol. The molecule has 0 aliphatic carbocycles. The third kappa shape index (κ3) is 3.80. The molecule has 0 bridgehead atoms. The number of aromatic nitrogens is 1. The molecule has 120 valence electrons. The van der Waals surface area contributed by atoms with Gasteiger partial charge in [0.25, 0.3) is 0 Å². The molecule has 0 aliphatic heterocycles. The third-order valence-corrected chi connectivity index (χ3v) is 4.19. The number of halogens is 1. The Morgan fingerprint density at radius 1 is 1.41 bits per heavy atom. The maximum atomic E-state index is 12.0. The molecule has 0 saturated heterocycles. The highest BCUT2D eigenvalue weighted by Gasteiger charge is 2.12. The molecule has 0 fully saturated rings. The zero-order valence-electron chi connectivity index (χ0n) is 12.5. The van der Waals surface area contributed by atoms with Crippen molar-refractivity contribution in [2.45, 2.75) is 20.4 Å². The number of anilines is 2. The minimum absolute atomic E-state index is 0. The third-order valence-electron chi connectivity index (χ3n) is 3.19. The summed E-state index contributed by atoms with van der Waals surface area (Å²) in [6, 6.07) is 4.99. The number of methoxy groups -OCH3 is 1. The molecule has 1 amide bonds. The Labute approximate surface area is 138 Å². The summed E-state index contributed by atoms with van der Waals surface area (Å²) in [5.41, 5.74) is 7.60. The number of hydrogen-bond donors (Lipinski definition) is 2. The van der Waals surface area contributed by atoms with E-state index in [4.69, 9.17) is 10.5 Å². The molecule has 6 nitrogen and oxygen atoms in total. The smallest absolute Gasteiger partial charge is 0.308 e. The van der Waals surface area contributed by atoms with Gasteiger partial charge in [-0.3, -0.25) is 14.2 Å². The van der Waals surface area contributed by atoms with Crippen LogP contribution in [0.2, 0.25) is 0 Å². The lowest BCUT2D eigenvalue weighted by atomic mass is 10.2. The van der Waals surface area contributed by atoms with Gasteiger partial charge in [-0.05, 0) is 32.0 Å². The fourth-order valence-electron chi connectivity index (χ4n) is 1.93. The largest absolute Gasteiger partial charge is 0.495 e. The van der Waals surface area contributed by atoms with Crippen LogP contribution < -0.4 is 20.7 Å². The first-order chi connectivity index (χ1) is 9.92. The summed E-state index contributed by atoms with van der Waals surface area (Å²) in [6.07, 6.45) is 0. The number of benzene rings is 1. The van der Waals surface area contributed by atoms with Crippen LogP contribution in [0.4, 0.5) is 11.4 Å². The second-order valence-corrected chi connectivity index (χ2v) is 5.77. The van der Waals surface area contributed by atoms with Gasteiger partial charge >= 0.3 is 4.87 Å². The van der Waals surface area contributed by atoms with Crippen LogP contribution in [0.25, 0.3) is 0 Å². The van der Waals surface area contributed by atoms with Gasteiger partial charge in [-0.2, -0.15) is 0 Å². The van der Waals surface area contributed by atoms with Gasteiger partial charge in [-0.1, -0.05) is 11.3 Å². The van der Waals surface area contributed by atoms with Gasteiger partial charge in [0, 0.05) is 16.3 Å². The molecule has 1 heterocycles. The van der Waals surface area contributed by atoms with Crippen molar-refractivity contribution < 1.29 is 9.53 Å². The number of amides is 1. The van der Waals surface area contributed by atoms with Crippen LogP contribution in [0.5, 0.6) is 5.75 Å². The lowest BCUT2D eigenvalue weighted by Crippen LogP contribution is -2.25. The zero-order valence-corrected chi connectivity index (χ0v) is 14.1. The number of thiazole rings is 1. The Kier molecular flexibility index (Phi) is 6.01. The molecule has 0 unspecified atom stereocenters. The van der Waals surface area contributed by atoms with E-state index in [1.54, 1.807) is 18.2 Å². The first-order valence-electron chi connectivity index (χ1n) is 6.32. The summed E-state index contributed by atoms with van der Waals surface area (Å²) in [7, 11) is 1.53. The van der Waals surface area contributed by atoms with Gasteiger partial charge in [0.05, 0.1) is 12.8 Å². The predicted molar refractivity (Wildman–Crippen MR) is 91.3 cm³/mol. The van der Waals surface area contributed by atoms with Crippen molar-refractivity contribution in [3.8, 4) is 5.75 Å². The molecule has 2 aromatic rings. The first-order valence-corrected chi connectivity index (χ1v) is 7.14. The highest BCUT2D eigenvalue weighted by atomic mass is 35.5. The molecule has 22 heavy (non-hydrogen) atoms. The molecule has 0 radical (unpaired) electrons. The molecule has 1 aromatic carbocycles. The van der Waals surface area contributed by atoms with Crippen LogP contribution in [0, 0.1) is 13.8 Å². The van der Waals surface area contributed by atoms with Crippen molar-refractivity contribution in [3.05, 3.63) is 38.4 Å². The summed E-state index contributed by atoms with van der Waals surface area (Å²) in [5, 5.41) is 2.72. The minimum Gasteiger partial charge on any atom is -0.495 e. The first kappa shape index (κ1) is 18.1. The second kappa shape index (κ2) is 7.33. The van der Waals surface area contributed by atoms with E-state index in [-0.39, 0.29) is 29.7 Å². The Bertz CT molecular complexity index is 739. The number of nitrogens with two attached hydrogens (primary N) is 1. The van der Waals surface area contributed by atoms with Crippen LogP contribution in [0.1, 0.15) is 10.6 Å². The van der Waals surface area contributed by atoms with E-state index < -0.39 is 0 Å². The van der Waals surface area contributed by atoms with Crippen molar-refractivity contribution >= 4 is 41.0 Å². The molecule has 2 rings (SSSR count). The molecule has 0 atom stereocenters. The average molecular weight is 344 g/mol. The molecule has 1 aromatic heterocycles. The highest BCUT2D eigenvalue weighted by Crippen LogP contribution is 2.24. The van der Waals surface area contributed by atoms with Crippen molar-refractivity contribution in [3.63, 3.8) is 0 Å². The molecule has 0 saturated carbocycles. The molecular formula is C14H18ClN3O3S. The van der Waals surface area contributed by atoms with Gasteiger partial charge in [0.2, 0.25) is 5.91 Å². The lowest BCUT2D eigenvalue weighted by Gasteiger charge is -2.09. The summed E-state index contributed by atoms with van der Waals surface area (Å²) < 4.78 is 6.51. The van der Waals surface area contributed by atoms with Crippen LogP contribution in [0.15, 0.2) is 23.0 Å². The number of rotatable bonds is 4. The normalized spacial score (nSPS) is 9.95. The monoisotopic (exact) mass is 343 g/mol. The zero-order chi connectivity index (χ0) is 15.6. The van der Waals surface area contributed by atoms with E-state index in [2.05, 4.69) is 5.32 Å². The number of nitrogens with one attached hydrogen (secondary N) is 1.